The molecule has 0 saturated carbocycles. The fourth-order valence-corrected chi connectivity index (χ4v) is 2.40. The predicted molar refractivity (Wildman–Crippen MR) is 67.7 cm³/mol. The van der Waals surface area contributed by atoms with E-state index in [4.69, 9.17) is 0 Å². The molecule has 0 radical (unpaired) electrons. The minimum absolute atomic E-state index is 0.665. The fraction of sp³-hybridized carbons (Fsp3) is 0.583. The number of piperidine rings is 1. The van der Waals surface area contributed by atoms with E-state index in [-0.39, 0.29) is 0 Å². The highest BCUT2D eigenvalue weighted by Crippen LogP contribution is 2.26. The number of aryl methyl sites for hydroxylation is 1. The van der Waals surface area contributed by atoms with Crippen LogP contribution in [0.25, 0.3) is 0 Å². The Hall–Kier alpha value is -0.570. The van der Waals surface area contributed by atoms with Crippen molar-refractivity contribution in [3.05, 3.63) is 23.9 Å². The maximum absolute atomic E-state index is 4.57. The molecule has 2 unspecified atom stereocenters. The number of pyridine rings is 1. The van der Waals surface area contributed by atoms with Crippen LogP contribution in [0.4, 0.5) is 5.82 Å². The molecule has 0 N–H and O–H groups in total. The first kappa shape index (κ1) is 10.9. The Morgan fingerprint density at radius 3 is 2.93 bits per heavy atom. The first-order chi connectivity index (χ1) is 7.16. The minimum Gasteiger partial charge on any atom is -0.356 e. The number of aromatic nitrogens is 1. The molecule has 15 heavy (non-hydrogen) atoms. The van der Waals surface area contributed by atoms with Crippen LogP contribution in [0, 0.1) is 12.8 Å². The summed E-state index contributed by atoms with van der Waals surface area (Å²) in [4.78, 5) is 7.62. The van der Waals surface area contributed by atoms with Crippen molar-refractivity contribution in [2.75, 3.05) is 18.0 Å². The van der Waals surface area contributed by atoms with Crippen molar-refractivity contribution in [3.63, 3.8) is 0 Å². The molecule has 1 aromatic rings. The van der Waals surface area contributed by atoms with Gasteiger partial charge in [-0.25, -0.2) is 4.98 Å². The van der Waals surface area contributed by atoms with Gasteiger partial charge in [-0.15, -0.1) is 0 Å². The van der Waals surface area contributed by atoms with Crippen LogP contribution in [-0.2, 0) is 0 Å². The van der Waals surface area contributed by atoms with Crippen molar-refractivity contribution in [1.82, 2.24) is 4.98 Å². The van der Waals surface area contributed by atoms with Crippen molar-refractivity contribution >= 4 is 21.7 Å². The third kappa shape index (κ3) is 2.51. The van der Waals surface area contributed by atoms with E-state index in [0.717, 1.165) is 24.6 Å². The maximum atomic E-state index is 4.57. The molecule has 1 saturated heterocycles. The van der Waals surface area contributed by atoms with Crippen LogP contribution in [0.15, 0.2) is 18.2 Å². The molecule has 0 bridgehead atoms. The zero-order chi connectivity index (χ0) is 10.8. The number of nitrogens with zero attached hydrogens (tertiary/aromatic N) is 2. The first-order valence-corrected chi connectivity index (χ1v) is 6.41. The van der Waals surface area contributed by atoms with Crippen LogP contribution in [0.3, 0.4) is 0 Å². The fourth-order valence-electron chi connectivity index (χ4n) is 2.03. The number of anilines is 1. The Kier molecular flexibility index (Phi) is 3.29. The third-order valence-electron chi connectivity index (χ3n) is 3.00. The molecule has 82 valence electrons. The second kappa shape index (κ2) is 4.52. The molecule has 2 nitrogen and oxygen atoms in total. The summed E-state index contributed by atoms with van der Waals surface area (Å²) in [6.45, 7) is 6.55. The van der Waals surface area contributed by atoms with Gasteiger partial charge in [-0.2, -0.15) is 0 Å². The smallest absolute Gasteiger partial charge is 0.128 e. The summed E-state index contributed by atoms with van der Waals surface area (Å²) in [5, 5.41) is 0. The van der Waals surface area contributed by atoms with E-state index in [9.17, 15) is 0 Å². The van der Waals surface area contributed by atoms with Gasteiger partial charge < -0.3 is 4.90 Å². The standard InChI is InChI=1S/C12H17BrN2/c1-9-8-15(7-6-11(9)13)12-5-3-4-10(2)14-12/h3-5,9,11H,6-8H2,1-2H3. The van der Waals surface area contributed by atoms with E-state index < -0.39 is 0 Å². The molecule has 1 aromatic heterocycles. The number of hydrogen-bond acceptors (Lipinski definition) is 2. The predicted octanol–water partition coefficient (Wildman–Crippen LogP) is 3.00. The molecule has 0 aliphatic carbocycles. The van der Waals surface area contributed by atoms with Gasteiger partial charge in [0.25, 0.3) is 0 Å². The van der Waals surface area contributed by atoms with Crippen LogP contribution in [0.2, 0.25) is 0 Å². The molecular formula is C12H17BrN2. The van der Waals surface area contributed by atoms with Gasteiger partial charge in [-0.1, -0.05) is 28.9 Å². The van der Waals surface area contributed by atoms with Gasteiger partial charge in [0.2, 0.25) is 0 Å². The van der Waals surface area contributed by atoms with Crippen LogP contribution in [-0.4, -0.2) is 22.9 Å². The topological polar surface area (TPSA) is 16.1 Å². The molecule has 0 amide bonds. The molecule has 1 fully saturated rings. The lowest BCUT2D eigenvalue weighted by Gasteiger charge is -2.35. The zero-order valence-corrected chi connectivity index (χ0v) is 10.9. The molecule has 2 rings (SSSR count). The molecule has 2 heterocycles. The first-order valence-electron chi connectivity index (χ1n) is 5.49. The molecule has 0 spiro atoms. The van der Waals surface area contributed by atoms with Crippen LogP contribution in [0.5, 0.6) is 0 Å². The summed E-state index contributed by atoms with van der Waals surface area (Å²) in [6, 6.07) is 6.24. The summed E-state index contributed by atoms with van der Waals surface area (Å²) in [5.41, 5.74) is 1.10. The van der Waals surface area contributed by atoms with Crippen LogP contribution in [0.1, 0.15) is 19.0 Å². The highest BCUT2D eigenvalue weighted by Gasteiger charge is 2.24. The molecule has 3 heteroatoms. The molecule has 1 aliphatic rings. The third-order valence-corrected chi connectivity index (χ3v) is 4.36. The molecule has 2 atom stereocenters. The highest BCUT2D eigenvalue weighted by atomic mass is 79.9. The number of hydrogen-bond donors (Lipinski definition) is 0. The van der Waals surface area contributed by atoms with E-state index in [1.165, 1.54) is 6.42 Å². The van der Waals surface area contributed by atoms with Gasteiger partial charge in [0.05, 0.1) is 0 Å². The summed E-state index contributed by atoms with van der Waals surface area (Å²) < 4.78 is 0. The molecule has 1 aliphatic heterocycles. The van der Waals surface area contributed by atoms with Gasteiger partial charge in [-0.05, 0) is 31.4 Å². The van der Waals surface area contributed by atoms with Gasteiger partial charge in [-0.3, -0.25) is 0 Å². The van der Waals surface area contributed by atoms with E-state index >= 15 is 0 Å². The second-order valence-corrected chi connectivity index (χ2v) is 5.54. The summed E-state index contributed by atoms with van der Waals surface area (Å²) >= 11 is 3.72. The lowest BCUT2D eigenvalue weighted by Crippen LogP contribution is -2.40. The summed E-state index contributed by atoms with van der Waals surface area (Å²) in [6.07, 6.45) is 1.21. The average molecular weight is 269 g/mol. The van der Waals surface area contributed by atoms with Crippen LogP contribution < -0.4 is 4.90 Å². The van der Waals surface area contributed by atoms with E-state index in [0.29, 0.717) is 10.7 Å². The second-order valence-electron chi connectivity index (χ2n) is 4.37. The number of alkyl halides is 1. The van der Waals surface area contributed by atoms with Crippen LogP contribution >= 0.6 is 15.9 Å². The van der Waals surface area contributed by atoms with E-state index in [1.807, 2.05) is 13.0 Å². The number of halogens is 1. The van der Waals surface area contributed by atoms with Gasteiger partial charge >= 0.3 is 0 Å². The monoisotopic (exact) mass is 268 g/mol. The van der Waals surface area contributed by atoms with E-state index in [1.54, 1.807) is 0 Å². The molecular weight excluding hydrogens is 252 g/mol. The highest BCUT2D eigenvalue weighted by molar-refractivity contribution is 9.09. The Labute approximate surface area is 99.8 Å². The maximum Gasteiger partial charge on any atom is 0.128 e. The Morgan fingerprint density at radius 1 is 1.47 bits per heavy atom. The van der Waals surface area contributed by atoms with Crippen molar-refractivity contribution in [1.29, 1.82) is 0 Å². The van der Waals surface area contributed by atoms with E-state index in [2.05, 4.69) is 44.9 Å². The zero-order valence-electron chi connectivity index (χ0n) is 9.28. The summed E-state index contributed by atoms with van der Waals surface area (Å²) in [5.74, 6) is 1.82. The van der Waals surface area contributed by atoms with Gasteiger partial charge in [0.1, 0.15) is 5.82 Å². The van der Waals surface area contributed by atoms with Crippen molar-refractivity contribution in [2.24, 2.45) is 5.92 Å². The largest absolute Gasteiger partial charge is 0.356 e. The molecule has 0 aromatic carbocycles. The lowest BCUT2D eigenvalue weighted by atomic mass is 10.0. The Bertz CT molecular complexity index is 340. The van der Waals surface area contributed by atoms with Crippen molar-refractivity contribution in [2.45, 2.75) is 25.1 Å². The SMILES string of the molecule is Cc1cccc(N2CCC(Br)C(C)C2)n1. The average Bonchev–Trinajstić information content (AvgIpc) is 2.22. The Morgan fingerprint density at radius 2 is 2.27 bits per heavy atom. The van der Waals surface area contributed by atoms with Gasteiger partial charge in [0, 0.05) is 23.6 Å². The van der Waals surface area contributed by atoms with Gasteiger partial charge in [0.15, 0.2) is 0 Å². The Balaban J connectivity index is 2.12. The lowest BCUT2D eigenvalue weighted by molar-refractivity contribution is 0.463. The van der Waals surface area contributed by atoms with Crippen molar-refractivity contribution < 1.29 is 0 Å². The van der Waals surface area contributed by atoms with Crippen molar-refractivity contribution in [3.8, 4) is 0 Å². The quantitative estimate of drug-likeness (QED) is 0.728. The normalized spacial score (nSPS) is 26.7. The summed E-state index contributed by atoms with van der Waals surface area (Å²) in [7, 11) is 0. The minimum atomic E-state index is 0.665. The number of rotatable bonds is 1.